The van der Waals surface area contributed by atoms with Crippen molar-refractivity contribution in [2.75, 3.05) is 18.4 Å². The molecule has 2 heterocycles. The fourth-order valence-electron chi connectivity index (χ4n) is 3.73. The Bertz CT molecular complexity index is 1210. The van der Waals surface area contributed by atoms with Crippen molar-refractivity contribution < 1.29 is 13.2 Å². The van der Waals surface area contributed by atoms with Gasteiger partial charge in [0.05, 0.1) is 17.0 Å². The smallest absolute Gasteiger partial charge is 0.243 e. The maximum atomic E-state index is 13.0. The molecule has 8 heteroatoms. The number of amides is 1. The molecule has 0 radical (unpaired) electrons. The highest BCUT2D eigenvalue weighted by atomic mass is 32.2. The van der Waals surface area contributed by atoms with E-state index >= 15 is 0 Å². The van der Waals surface area contributed by atoms with Gasteiger partial charge in [-0.25, -0.2) is 13.4 Å². The van der Waals surface area contributed by atoms with Gasteiger partial charge in [0.1, 0.15) is 5.01 Å². The molecule has 0 saturated carbocycles. The minimum absolute atomic E-state index is 0.130. The zero-order chi connectivity index (χ0) is 22.7. The Kier molecular flexibility index (Phi) is 6.74. The molecule has 0 bridgehead atoms. The first-order valence-corrected chi connectivity index (χ1v) is 13.1. The third-order valence-electron chi connectivity index (χ3n) is 5.63. The first kappa shape index (κ1) is 22.6. The highest BCUT2D eigenvalue weighted by Gasteiger charge is 2.26. The number of sulfonamides is 1. The zero-order valence-corrected chi connectivity index (χ0v) is 19.9. The summed E-state index contributed by atoms with van der Waals surface area (Å²) >= 11 is 1.51. The van der Waals surface area contributed by atoms with Crippen molar-refractivity contribution >= 4 is 33.0 Å². The quantitative estimate of drug-likeness (QED) is 0.563. The van der Waals surface area contributed by atoms with Crippen LogP contribution in [0.25, 0.3) is 10.6 Å². The number of hydrogen-bond acceptors (Lipinski definition) is 5. The molecule has 0 unspecified atom stereocenters. The lowest BCUT2D eigenvalue weighted by Gasteiger charge is -2.26. The molecule has 3 aromatic rings. The minimum atomic E-state index is -3.56. The van der Waals surface area contributed by atoms with Gasteiger partial charge < -0.3 is 5.32 Å². The number of hydrogen-bond donors (Lipinski definition) is 1. The highest BCUT2D eigenvalue weighted by molar-refractivity contribution is 7.89. The van der Waals surface area contributed by atoms with E-state index in [1.54, 1.807) is 18.2 Å². The molecule has 1 N–H and O–H groups in total. The van der Waals surface area contributed by atoms with Crippen LogP contribution in [0.1, 0.15) is 36.1 Å². The molecule has 1 fully saturated rings. The van der Waals surface area contributed by atoms with Crippen molar-refractivity contribution in [1.82, 2.24) is 9.29 Å². The first-order chi connectivity index (χ1) is 15.3. The summed E-state index contributed by atoms with van der Waals surface area (Å²) in [6.45, 7) is 4.98. The Morgan fingerprint density at radius 1 is 1.06 bits per heavy atom. The summed E-state index contributed by atoms with van der Waals surface area (Å²) in [4.78, 5) is 17.5. The van der Waals surface area contributed by atoms with E-state index in [2.05, 4.69) is 10.3 Å². The maximum Gasteiger partial charge on any atom is 0.243 e. The van der Waals surface area contributed by atoms with Gasteiger partial charge in [-0.15, -0.1) is 11.3 Å². The summed E-state index contributed by atoms with van der Waals surface area (Å²) in [5, 5.41) is 5.63. The lowest BCUT2D eigenvalue weighted by molar-refractivity contribution is -0.115. The second-order valence-corrected chi connectivity index (χ2v) is 11.0. The number of aryl methyl sites for hydroxylation is 2. The van der Waals surface area contributed by atoms with Gasteiger partial charge in [0, 0.05) is 29.7 Å². The molecule has 32 heavy (non-hydrogen) atoms. The van der Waals surface area contributed by atoms with Crippen molar-refractivity contribution in [3.05, 3.63) is 64.7 Å². The van der Waals surface area contributed by atoms with Crippen LogP contribution in [-0.4, -0.2) is 36.7 Å². The number of aromatic nitrogens is 1. The lowest BCUT2D eigenvalue weighted by Crippen LogP contribution is -2.35. The number of anilines is 1. The van der Waals surface area contributed by atoms with E-state index in [0.29, 0.717) is 24.5 Å². The van der Waals surface area contributed by atoms with Crippen LogP contribution in [0.2, 0.25) is 0 Å². The third kappa shape index (κ3) is 5.09. The Hall–Kier alpha value is -2.55. The van der Waals surface area contributed by atoms with Gasteiger partial charge in [-0.2, -0.15) is 4.31 Å². The Morgan fingerprint density at radius 2 is 1.78 bits per heavy atom. The summed E-state index contributed by atoms with van der Waals surface area (Å²) in [6.07, 6.45) is 2.95. The summed E-state index contributed by atoms with van der Waals surface area (Å²) in [7, 11) is -3.56. The summed E-state index contributed by atoms with van der Waals surface area (Å²) in [5.41, 5.74) is 4.23. The van der Waals surface area contributed by atoms with E-state index in [1.807, 2.05) is 43.5 Å². The number of carbonyl (C=O) groups is 1. The average molecular weight is 470 g/mol. The number of nitrogens with one attached hydrogen (secondary N) is 1. The average Bonchev–Trinajstić information content (AvgIpc) is 3.24. The molecule has 1 aliphatic heterocycles. The van der Waals surface area contributed by atoms with Crippen LogP contribution < -0.4 is 5.32 Å². The molecule has 1 aromatic heterocycles. The second kappa shape index (κ2) is 9.52. The van der Waals surface area contributed by atoms with Crippen LogP contribution in [0.15, 0.2) is 52.7 Å². The fraction of sp³-hybridized carbons (Fsp3) is 0.333. The Balaban J connectivity index is 1.46. The van der Waals surface area contributed by atoms with E-state index < -0.39 is 10.0 Å². The van der Waals surface area contributed by atoms with Crippen LogP contribution in [0.3, 0.4) is 0 Å². The van der Waals surface area contributed by atoms with Gasteiger partial charge in [0.15, 0.2) is 0 Å². The summed E-state index contributed by atoms with van der Waals surface area (Å²) in [5.74, 6) is -0.221. The van der Waals surface area contributed by atoms with Gasteiger partial charge in [-0.3, -0.25) is 4.79 Å². The molecule has 1 saturated heterocycles. The van der Waals surface area contributed by atoms with Crippen molar-refractivity contribution in [1.29, 1.82) is 0 Å². The number of benzene rings is 2. The normalized spacial score (nSPS) is 14.9. The number of piperidine rings is 1. The number of carbonyl (C=O) groups excluding carboxylic acids is 1. The van der Waals surface area contributed by atoms with Crippen molar-refractivity contribution in [3.8, 4) is 10.6 Å². The Labute approximate surface area is 193 Å². The minimum Gasteiger partial charge on any atom is -0.325 e. The molecule has 6 nitrogen and oxygen atoms in total. The van der Waals surface area contributed by atoms with Crippen LogP contribution >= 0.6 is 11.3 Å². The summed E-state index contributed by atoms with van der Waals surface area (Å²) < 4.78 is 27.5. The molecule has 168 valence electrons. The van der Waals surface area contributed by atoms with E-state index in [1.165, 1.54) is 21.2 Å². The van der Waals surface area contributed by atoms with E-state index in [0.717, 1.165) is 35.4 Å². The molecule has 2 aromatic carbocycles. The van der Waals surface area contributed by atoms with Crippen LogP contribution in [0.4, 0.5) is 5.69 Å². The standard InChI is InChI=1S/C24H27N3O3S2/c1-17-6-9-19(10-7-17)24-25-20(16-31-24)14-23(28)26-22-15-21(11-8-18(22)2)32(29,30)27-12-4-3-5-13-27/h6-11,15-16H,3-5,12-14H2,1-2H3,(H,26,28). The zero-order valence-electron chi connectivity index (χ0n) is 18.3. The second-order valence-electron chi connectivity index (χ2n) is 8.18. The predicted molar refractivity (Wildman–Crippen MR) is 128 cm³/mol. The molecule has 0 atom stereocenters. The van der Waals surface area contributed by atoms with E-state index in [-0.39, 0.29) is 17.2 Å². The van der Waals surface area contributed by atoms with Gasteiger partial charge in [0.2, 0.25) is 15.9 Å². The number of rotatable bonds is 6. The molecular weight excluding hydrogens is 442 g/mol. The van der Waals surface area contributed by atoms with E-state index in [9.17, 15) is 13.2 Å². The molecular formula is C24H27N3O3S2. The molecule has 1 amide bonds. The first-order valence-electron chi connectivity index (χ1n) is 10.7. The van der Waals surface area contributed by atoms with Gasteiger partial charge in [-0.1, -0.05) is 42.3 Å². The topological polar surface area (TPSA) is 79.4 Å². The van der Waals surface area contributed by atoms with Crippen molar-refractivity contribution in [3.63, 3.8) is 0 Å². The summed E-state index contributed by atoms with van der Waals surface area (Å²) in [6, 6.07) is 13.0. The van der Waals surface area contributed by atoms with Gasteiger partial charge in [-0.05, 0) is 44.4 Å². The lowest BCUT2D eigenvalue weighted by atomic mass is 10.1. The highest BCUT2D eigenvalue weighted by Crippen LogP contribution is 2.26. The SMILES string of the molecule is Cc1ccc(-c2nc(CC(=O)Nc3cc(S(=O)(=O)N4CCCCC4)ccc3C)cs2)cc1. The largest absolute Gasteiger partial charge is 0.325 e. The monoisotopic (exact) mass is 469 g/mol. The molecule has 1 aliphatic rings. The Morgan fingerprint density at radius 3 is 2.50 bits per heavy atom. The van der Waals surface area contributed by atoms with Crippen molar-refractivity contribution in [2.24, 2.45) is 0 Å². The van der Waals surface area contributed by atoms with E-state index in [4.69, 9.17) is 0 Å². The van der Waals surface area contributed by atoms with Crippen LogP contribution in [0.5, 0.6) is 0 Å². The van der Waals surface area contributed by atoms with Crippen molar-refractivity contribution in [2.45, 2.75) is 44.4 Å². The maximum absolute atomic E-state index is 13.0. The predicted octanol–water partition coefficient (Wildman–Crippen LogP) is 4.78. The van der Waals surface area contributed by atoms with Crippen LogP contribution in [-0.2, 0) is 21.2 Å². The van der Waals surface area contributed by atoms with Gasteiger partial charge in [0.25, 0.3) is 0 Å². The molecule has 0 aliphatic carbocycles. The number of nitrogens with zero attached hydrogens (tertiary/aromatic N) is 2. The number of thiazole rings is 1. The third-order valence-corrected chi connectivity index (χ3v) is 8.46. The molecule has 4 rings (SSSR count). The molecule has 0 spiro atoms. The van der Waals surface area contributed by atoms with Gasteiger partial charge >= 0.3 is 0 Å². The van der Waals surface area contributed by atoms with Crippen LogP contribution in [0, 0.1) is 13.8 Å². The fourth-order valence-corrected chi connectivity index (χ4v) is 6.10.